The van der Waals surface area contributed by atoms with Crippen molar-refractivity contribution < 1.29 is 27.9 Å². The second-order valence-corrected chi connectivity index (χ2v) is 8.88. The molecule has 0 atom stereocenters. The Bertz CT molecular complexity index is 1680. The number of nitriles is 1. The highest BCUT2D eigenvalue weighted by molar-refractivity contribution is 5.75. The van der Waals surface area contributed by atoms with Gasteiger partial charge in [-0.2, -0.15) is 10.2 Å². The van der Waals surface area contributed by atoms with Crippen LogP contribution in [0.4, 0.5) is 37.6 Å². The summed E-state index contributed by atoms with van der Waals surface area (Å²) in [6.45, 7) is 1.88. The number of hydrogen-bond donors (Lipinski definition) is 3. The third-order valence-corrected chi connectivity index (χ3v) is 6.15. The fraction of sp³-hybridized carbons (Fsp3) is 0.207. The van der Waals surface area contributed by atoms with Crippen molar-refractivity contribution in [2.24, 2.45) is 0 Å². The van der Waals surface area contributed by atoms with Gasteiger partial charge in [0.2, 0.25) is 11.8 Å². The number of methoxy groups -OCH3 is 2. The third-order valence-electron chi connectivity index (χ3n) is 6.15. The molecule has 3 aromatic carbocycles. The van der Waals surface area contributed by atoms with Gasteiger partial charge >= 0.3 is 5.69 Å². The molecule has 0 saturated heterocycles. The summed E-state index contributed by atoms with van der Waals surface area (Å²) in [5, 5.41) is 30.2. The van der Waals surface area contributed by atoms with Gasteiger partial charge in [-0.15, -0.1) is 0 Å². The molecule has 0 aliphatic carbocycles. The molecule has 0 aliphatic rings. The van der Waals surface area contributed by atoms with Gasteiger partial charge in [0.25, 0.3) is 0 Å². The van der Waals surface area contributed by atoms with E-state index in [0.29, 0.717) is 41.0 Å². The predicted molar refractivity (Wildman–Crippen MR) is 155 cm³/mol. The topological polar surface area (TPSA) is 156 Å². The maximum Gasteiger partial charge on any atom is 0.329 e. The Labute approximate surface area is 245 Å². The molecule has 43 heavy (non-hydrogen) atoms. The van der Waals surface area contributed by atoms with Gasteiger partial charge in [-0.1, -0.05) is 0 Å². The van der Waals surface area contributed by atoms with Gasteiger partial charge in [-0.3, -0.25) is 10.1 Å². The van der Waals surface area contributed by atoms with Crippen LogP contribution in [0.2, 0.25) is 0 Å². The summed E-state index contributed by atoms with van der Waals surface area (Å²) < 4.78 is 44.2. The van der Waals surface area contributed by atoms with Gasteiger partial charge in [0.05, 0.1) is 48.8 Å². The van der Waals surface area contributed by atoms with Gasteiger partial charge in [-0.05, 0) is 43.3 Å². The second kappa shape index (κ2) is 13.8. The predicted octanol–water partition coefficient (Wildman–Crippen LogP) is 5.92. The van der Waals surface area contributed by atoms with Gasteiger partial charge in [-0.25, -0.2) is 13.8 Å². The Kier molecular flexibility index (Phi) is 9.69. The molecule has 0 radical (unpaired) electrons. The molecule has 0 saturated carbocycles. The molecule has 4 aromatic rings. The average Bonchev–Trinajstić information content (AvgIpc) is 3.00. The lowest BCUT2D eigenvalue weighted by Crippen LogP contribution is -2.10. The molecule has 0 aliphatic heterocycles. The van der Waals surface area contributed by atoms with Crippen molar-refractivity contribution in [3.8, 4) is 23.3 Å². The van der Waals surface area contributed by atoms with Crippen LogP contribution in [-0.4, -0.2) is 35.7 Å². The van der Waals surface area contributed by atoms with Crippen LogP contribution < -0.4 is 30.2 Å². The number of nitrogens with one attached hydrogen (secondary N) is 3. The van der Waals surface area contributed by atoms with Crippen LogP contribution in [-0.2, 0) is 13.1 Å². The number of halogens is 2. The fourth-order valence-electron chi connectivity index (χ4n) is 4.11. The van der Waals surface area contributed by atoms with Crippen molar-refractivity contribution in [2.75, 3.05) is 36.8 Å². The minimum Gasteiger partial charge on any atom is -0.497 e. The molecular formula is C29H27F2N7O5. The van der Waals surface area contributed by atoms with Crippen molar-refractivity contribution in [2.45, 2.75) is 20.0 Å². The van der Waals surface area contributed by atoms with E-state index in [9.17, 15) is 24.2 Å². The zero-order valence-corrected chi connectivity index (χ0v) is 23.4. The van der Waals surface area contributed by atoms with Crippen LogP contribution in [0.25, 0.3) is 0 Å². The highest BCUT2D eigenvalue weighted by Gasteiger charge is 2.20. The van der Waals surface area contributed by atoms with E-state index in [1.54, 1.807) is 51.5 Å². The zero-order valence-electron chi connectivity index (χ0n) is 23.4. The lowest BCUT2D eigenvalue weighted by Gasteiger charge is -2.16. The second-order valence-electron chi connectivity index (χ2n) is 8.88. The minimum atomic E-state index is -0.900. The SMILES string of the molecule is CCOc1c(F)cc(F)cc1CNc1nc(Nc2cc(C#N)ccc2NCc2ccc(OC)cc2OC)ncc1[N+](=O)[O-]. The number of rotatable bonds is 13. The highest BCUT2D eigenvalue weighted by atomic mass is 19.1. The first-order valence-corrected chi connectivity index (χ1v) is 12.9. The van der Waals surface area contributed by atoms with Crippen LogP contribution >= 0.6 is 0 Å². The summed E-state index contributed by atoms with van der Waals surface area (Å²) in [5.74, 6) is -0.908. The third kappa shape index (κ3) is 7.33. The molecule has 4 rings (SSSR count). The van der Waals surface area contributed by atoms with Crippen LogP contribution in [0.5, 0.6) is 17.2 Å². The zero-order chi connectivity index (χ0) is 30.9. The largest absolute Gasteiger partial charge is 0.497 e. The Morgan fingerprint density at radius 2 is 1.79 bits per heavy atom. The molecule has 3 N–H and O–H groups in total. The highest BCUT2D eigenvalue weighted by Crippen LogP contribution is 2.31. The van der Waals surface area contributed by atoms with Gasteiger partial charge in [0.15, 0.2) is 11.6 Å². The lowest BCUT2D eigenvalue weighted by atomic mass is 10.1. The van der Waals surface area contributed by atoms with E-state index in [2.05, 4.69) is 32.0 Å². The van der Waals surface area contributed by atoms with E-state index < -0.39 is 22.2 Å². The maximum absolute atomic E-state index is 14.3. The molecule has 0 spiro atoms. The number of anilines is 4. The maximum atomic E-state index is 14.3. The molecule has 1 heterocycles. The van der Waals surface area contributed by atoms with E-state index in [-0.39, 0.29) is 36.2 Å². The number of hydrogen-bond acceptors (Lipinski definition) is 11. The molecule has 0 unspecified atom stereocenters. The van der Waals surface area contributed by atoms with E-state index in [1.807, 2.05) is 6.07 Å². The van der Waals surface area contributed by atoms with E-state index >= 15 is 0 Å². The first-order valence-electron chi connectivity index (χ1n) is 12.9. The van der Waals surface area contributed by atoms with Crippen LogP contribution in [0.15, 0.2) is 54.7 Å². The summed E-state index contributed by atoms with van der Waals surface area (Å²) in [6, 6.07) is 14.1. The Morgan fingerprint density at radius 1 is 1.00 bits per heavy atom. The number of nitro groups is 1. The fourth-order valence-corrected chi connectivity index (χ4v) is 4.11. The molecule has 12 nitrogen and oxygen atoms in total. The van der Waals surface area contributed by atoms with Crippen molar-refractivity contribution in [3.63, 3.8) is 0 Å². The van der Waals surface area contributed by atoms with Gasteiger partial charge in [0.1, 0.15) is 23.5 Å². The number of aromatic nitrogens is 2. The van der Waals surface area contributed by atoms with Crippen LogP contribution in [0.1, 0.15) is 23.6 Å². The van der Waals surface area contributed by atoms with Crippen molar-refractivity contribution in [1.82, 2.24) is 9.97 Å². The lowest BCUT2D eigenvalue weighted by molar-refractivity contribution is -0.384. The minimum absolute atomic E-state index is 0.0382. The first-order chi connectivity index (χ1) is 20.8. The summed E-state index contributed by atoms with van der Waals surface area (Å²) in [4.78, 5) is 19.3. The van der Waals surface area contributed by atoms with E-state index in [4.69, 9.17) is 14.2 Å². The smallest absolute Gasteiger partial charge is 0.329 e. The quantitative estimate of drug-likeness (QED) is 0.125. The number of benzene rings is 3. The standard InChI is InChI=1S/C29H27F2N7O5/c1-4-43-27-19(10-20(30)11-22(27)31)15-34-28-25(38(39)40)16-35-29(37-28)36-24-9-17(13-32)5-8-23(24)33-14-18-6-7-21(41-2)12-26(18)42-3/h5-12,16,33H,4,14-15H2,1-3H3,(H2,34,35,36,37). The summed E-state index contributed by atoms with van der Waals surface area (Å²) in [5.41, 5.74) is 1.80. The number of nitrogens with zero attached hydrogens (tertiary/aromatic N) is 4. The first kappa shape index (κ1) is 30.3. The normalized spacial score (nSPS) is 10.4. The van der Waals surface area contributed by atoms with Crippen molar-refractivity contribution in [1.29, 1.82) is 5.26 Å². The number of ether oxygens (including phenoxy) is 3. The molecule has 222 valence electrons. The van der Waals surface area contributed by atoms with Gasteiger partial charge < -0.3 is 30.2 Å². The molecule has 0 fully saturated rings. The molecule has 0 amide bonds. The Hall–Kier alpha value is -5.71. The van der Waals surface area contributed by atoms with E-state index in [0.717, 1.165) is 17.8 Å². The molecule has 14 heteroatoms. The Balaban J connectivity index is 1.61. The summed E-state index contributed by atoms with van der Waals surface area (Å²) in [7, 11) is 3.11. The monoisotopic (exact) mass is 591 g/mol. The van der Waals surface area contributed by atoms with Crippen molar-refractivity contribution >= 4 is 28.8 Å². The molecule has 0 bridgehead atoms. The summed E-state index contributed by atoms with van der Waals surface area (Å²) >= 11 is 0. The van der Waals surface area contributed by atoms with Gasteiger partial charge in [0, 0.05) is 36.3 Å². The average molecular weight is 592 g/mol. The van der Waals surface area contributed by atoms with Crippen LogP contribution in [0, 0.1) is 33.1 Å². The van der Waals surface area contributed by atoms with Crippen molar-refractivity contribution in [3.05, 3.63) is 93.2 Å². The Morgan fingerprint density at radius 3 is 2.49 bits per heavy atom. The van der Waals surface area contributed by atoms with Crippen LogP contribution in [0.3, 0.4) is 0 Å². The van der Waals surface area contributed by atoms with E-state index in [1.165, 1.54) is 0 Å². The molecular weight excluding hydrogens is 564 g/mol. The molecule has 1 aromatic heterocycles. The summed E-state index contributed by atoms with van der Waals surface area (Å²) in [6.07, 6.45) is 0.997.